The number of carbonyl (C=O) groups excluding carboxylic acids is 2. The van der Waals surface area contributed by atoms with Gasteiger partial charge >= 0.3 is 0 Å². The largest absolute Gasteiger partial charge is 0.286 e. The predicted molar refractivity (Wildman–Crippen MR) is 96.8 cm³/mol. The van der Waals surface area contributed by atoms with Gasteiger partial charge in [0.05, 0.1) is 16.9 Å². The fourth-order valence-electron chi connectivity index (χ4n) is 2.73. The average molecular weight is 379 g/mol. The Labute approximate surface area is 151 Å². The summed E-state index contributed by atoms with van der Waals surface area (Å²) in [7, 11) is -3.70. The number of rotatable bonds is 5. The maximum Gasteiger partial charge on any atom is 0.285 e. The molecule has 0 saturated heterocycles. The second-order valence-electron chi connectivity index (χ2n) is 5.98. The summed E-state index contributed by atoms with van der Waals surface area (Å²) in [5.74, 6) is -1.43. The normalized spacial score (nSPS) is 13.6. The van der Waals surface area contributed by atoms with Gasteiger partial charge in [0.15, 0.2) is 0 Å². The molecule has 0 spiro atoms. The molecular weight excluding hydrogens is 358 g/mol. The van der Waals surface area contributed by atoms with E-state index in [0.717, 1.165) is 24.6 Å². The van der Waals surface area contributed by atoms with Crippen LogP contribution in [-0.4, -0.2) is 40.8 Å². The lowest BCUT2D eigenvalue weighted by atomic mass is 9.95. The summed E-state index contributed by atoms with van der Waals surface area (Å²) in [5, 5.41) is 11.0. The number of carbonyl (C=O) groups is 2. The molecule has 26 heavy (non-hydrogen) atoms. The molecule has 0 atom stereocenters. The van der Waals surface area contributed by atoms with Gasteiger partial charge in [-0.05, 0) is 23.9 Å². The van der Waals surface area contributed by atoms with Crippen molar-refractivity contribution in [3.8, 4) is 0 Å². The van der Waals surface area contributed by atoms with Crippen LogP contribution in [0.15, 0.2) is 36.4 Å². The first-order valence-electron chi connectivity index (χ1n) is 8.31. The zero-order valence-corrected chi connectivity index (χ0v) is 15.2. The van der Waals surface area contributed by atoms with Crippen molar-refractivity contribution in [1.29, 1.82) is 0 Å². The van der Waals surface area contributed by atoms with E-state index in [1.807, 2.05) is 19.1 Å². The zero-order chi connectivity index (χ0) is 19.3. The Morgan fingerprint density at radius 3 is 1.92 bits per heavy atom. The highest BCUT2D eigenvalue weighted by atomic mass is 32.2. The Balaban J connectivity index is 0.000000213. The van der Waals surface area contributed by atoms with E-state index in [0.29, 0.717) is 22.9 Å². The molecule has 2 aromatic rings. The number of hydroxylamine groups is 2. The van der Waals surface area contributed by atoms with Crippen molar-refractivity contribution in [3.63, 3.8) is 0 Å². The summed E-state index contributed by atoms with van der Waals surface area (Å²) in [6.45, 7) is 2.05. The van der Waals surface area contributed by atoms with Crippen molar-refractivity contribution in [2.24, 2.45) is 0 Å². The molecule has 0 unspecified atom stereocenters. The van der Waals surface area contributed by atoms with Crippen molar-refractivity contribution < 1.29 is 27.8 Å². The van der Waals surface area contributed by atoms with Gasteiger partial charge in [0.2, 0.25) is 0 Å². The lowest BCUT2D eigenvalue weighted by Gasteiger charge is -2.21. The first-order chi connectivity index (χ1) is 12.3. The number of nitrogens with zero attached hydrogens (tertiary/aromatic N) is 1. The van der Waals surface area contributed by atoms with E-state index in [4.69, 9.17) is 4.55 Å². The smallest absolute Gasteiger partial charge is 0.285 e. The summed E-state index contributed by atoms with van der Waals surface area (Å²) < 4.78 is 28.6. The van der Waals surface area contributed by atoms with Crippen LogP contribution in [0, 0.1) is 0 Å². The van der Waals surface area contributed by atoms with Gasteiger partial charge in [-0.2, -0.15) is 8.42 Å². The van der Waals surface area contributed by atoms with E-state index >= 15 is 0 Å². The number of imide groups is 1. The molecule has 0 aromatic heterocycles. The van der Waals surface area contributed by atoms with Crippen LogP contribution < -0.4 is 0 Å². The average Bonchev–Trinajstić information content (AvgIpc) is 2.61. The van der Waals surface area contributed by atoms with Crippen LogP contribution >= 0.6 is 0 Å². The summed E-state index contributed by atoms with van der Waals surface area (Å²) >= 11 is 0. The van der Waals surface area contributed by atoms with Crippen LogP contribution in [-0.2, 0) is 10.1 Å². The van der Waals surface area contributed by atoms with Crippen LogP contribution in [0.5, 0.6) is 0 Å². The first kappa shape index (κ1) is 20.0. The molecule has 0 bridgehead atoms. The number of benzene rings is 2. The third-order valence-electron chi connectivity index (χ3n) is 4.01. The van der Waals surface area contributed by atoms with Crippen LogP contribution in [0.4, 0.5) is 0 Å². The van der Waals surface area contributed by atoms with Gasteiger partial charge in [-0.3, -0.25) is 19.3 Å². The Kier molecular flexibility index (Phi) is 6.47. The molecule has 1 heterocycles. The molecule has 1 aliphatic rings. The number of hydrogen-bond donors (Lipinski definition) is 2. The van der Waals surface area contributed by atoms with E-state index in [1.165, 1.54) is 0 Å². The molecule has 3 rings (SSSR count). The van der Waals surface area contributed by atoms with Gasteiger partial charge in [-0.1, -0.05) is 50.5 Å². The van der Waals surface area contributed by atoms with E-state index < -0.39 is 21.9 Å². The van der Waals surface area contributed by atoms with Gasteiger partial charge in [0.25, 0.3) is 21.9 Å². The molecule has 7 nitrogen and oxygen atoms in total. The molecule has 140 valence electrons. The van der Waals surface area contributed by atoms with E-state index in [1.54, 1.807) is 24.3 Å². The molecule has 2 amide bonds. The Morgan fingerprint density at radius 1 is 0.923 bits per heavy atom. The second-order valence-corrected chi connectivity index (χ2v) is 7.55. The molecule has 0 aliphatic carbocycles. The Morgan fingerprint density at radius 2 is 1.46 bits per heavy atom. The van der Waals surface area contributed by atoms with Crippen LogP contribution in [0.2, 0.25) is 0 Å². The fourth-order valence-corrected chi connectivity index (χ4v) is 3.30. The van der Waals surface area contributed by atoms with Gasteiger partial charge in [0.1, 0.15) is 0 Å². The SMILES string of the molecule is CCCCCCS(=O)(=O)O.O=C1c2cccc3cccc(c23)C(=O)N1O. The third kappa shape index (κ3) is 4.66. The summed E-state index contributed by atoms with van der Waals surface area (Å²) in [5.41, 5.74) is 0.713. The van der Waals surface area contributed by atoms with Crippen molar-refractivity contribution in [3.05, 3.63) is 47.5 Å². The second kappa shape index (κ2) is 8.39. The topological polar surface area (TPSA) is 112 Å². The highest BCUT2D eigenvalue weighted by Crippen LogP contribution is 2.28. The van der Waals surface area contributed by atoms with Gasteiger partial charge in [-0.25, -0.2) is 0 Å². The first-order valence-corrected chi connectivity index (χ1v) is 9.91. The van der Waals surface area contributed by atoms with Gasteiger partial charge in [-0.15, -0.1) is 5.06 Å². The van der Waals surface area contributed by atoms with Crippen LogP contribution in [0.1, 0.15) is 53.3 Å². The third-order valence-corrected chi connectivity index (χ3v) is 4.81. The Hall–Kier alpha value is -2.29. The molecule has 1 aliphatic heterocycles. The van der Waals surface area contributed by atoms with E-state index in [2.05, 4.69) is 0 Å². The quantitative estimate of drug-likeness (QED) is 0.357. The lowest BCUT2D eigenvalue weighted by Crippen LogP contribution is -2.37. The van der Waals surface area contributed by atoms with Crippen LogP contribution in [0.3, 0.4) is 0 Å². The zero-order valence-electron chi connectivity index (χ0n) is 14.4. The molecular formula is C18H21NO6S. The minimum Gasteiger partial charge on any atom is -0.286 e. The highest BCUT2D eigenvalue weighted by molar-refractivity contribution is 7.85. The molecule has 0 radical (unpaired) electrons. The predicted octanol–water partition coefficient (Wildman–Crippen LogP) is 3.28. The Bertz CT molecular complexity index is 872. The van der Waals surface area contributed by atoms with Crippen molar-refractivity contribution in [2.75, 3.05) is 5.75 Å². The molecule has 8 heteroatoms. The van der Waals surface area contributed by atoms with E-state index in [9.17, 15) is 23.2 Å². The number of amides is 2. The van der Waals surface area contributed by atoms with Crippen molar-refractivity contribution >= 4 is 32.7 Å². The van der Waals surface area contributed by atoms with Crippen LogP contribution in [0.25, 0.3) is 10.8 Å². The summed E-state index contributed by atoms with van der Waals surface area (Å²) in [6, 6.07) is 10.3. The fraction of sp³-hybridized carbons (Fsp3) is 0.333. The number of hydrogen-bond acceptors (Lipinski definition) is 5. The minimum absolute atomic E-state index is 0.0903. The molecule has 0 fully saturated rings. The standard InChI is InChI=1S/C12H7NO3.C6H14O3S/c14-11-8-5-1-3-7-4-2-6-9(10(7)8)12(15)13(11)16;1-2-3-4-5-6-10(7,8)9/h1-6,16H;2-6H2,1H3,(H,7,8,9). The van der Waals surface area contributed by atoms with E-state index in [-0.39, 0.29) is 10.8 Å². The summed E-state index contributed by atoms with van der Waals surface area (Å²) in [6.07, 6.45) is 3.57. The maximum absolute atomic E-state index is 11.7. The minimum atomic E-state index is -3.70. The lowest BCUT2D eigenvalue weighted by molar-refractivity contribution is -0.0377. The molecule has 0 saturated carbocycles. The van der Waals surface area contributed by atoms with Gasteiger partial charge < -0.3 is 0 Å². The van der Waals surface area contributed by atoms with Crippen molar-refractivity contribution in [2.45, 2.75) is 32.6 Å². The molecule has 2 N–H and O–H groups in total. The number of unbranched alkanes of at least 4 members (excludes halogenated alkanes) is 3. The highest BCUT2D eigenvalue weighted by Gasteiger charge is 2.31. The van der Waals surface area contributed by atoms with Gasteiger partial charge in [0, 0.05) is 5.39 Å². The molecule has 2 aromatic carbocycles. The summed E-state index contributed by atoms with van der Waals surface area (Å²) in [4.78, 5) is 23.3. The monoisotopic (exact) mass is 379 g/mol. The van der Waals surface area contributed by atoms with Crippen molar-refractivity contribution in [1.82, 2.24) is 5.06 Å². The maximum atomic E-state index is 11.7.